The van der Waals surface area contributed by atoms with Crippen LogP contribution in [0.4, 0.5) is 10.1 Å². The molecule has 1 heterocycles. The molecule has 0 atom stereocenters. The van der Waals surface area contributed by atoms with E-state index in [9.17, 15) is 4.39 Å². The summed E-state index contributed by atoms with van der Waals surface area (Å²) in [6.07, 6.45) is 0.997. The quantitative estimate of drug-likeness (QED) is 0.156. The van der Waals surface area contributed by atoms with E-state index in [4.69, 9.17) is 22.4 Å². The molecule has 0 amide bonds. The number of para-hydroxylation sites is 1. The molecule has 7 aromatic rings. The second kappa shape index (κ2) is 14.4. The molecular formula is C41H22Br2FN5. The van der Waals surface area contributed by atoms with E-state index >= 15 is 0 Å². The molecule has 0 unspecified atom stereocenters. The van der Waals surface area contributed by atoms with E-state index in [0.717, 1.165) is 44.0 Å². The summed E-state index contributed by atoms with van der Waals surface area (Å²) in [6, 6.07) is 44.2. The summed E-state index contributed by atoms with van der Waals surface area (Å²) in [7, 11) is 0. The summed E-state index contributed by atoms with van der Waals surface area (Å²) < 4.78 is 16.0. The average molecular weight is 763 g/mol. The second-order valence-corrected chi connectivity index (χ2v) is 12.7. The lowest BCUT2D eigenvalue weighted by Gasteiger charge is -2.10. The Kier molecular flexibility index (Phi) is 9.66. The van der Waals surface area contributed by atoms with Crippen LogP contribution in [0.3, 0.4) is 0 Å². The monoisotopic (exact) mass is 761 g/mol. The van der Waals surface area contributed by atoms with Gasteiger partial charge in [0.25, 0.3) is 0 Å². The van der Waals surface area contributed by atoms with E-state index in [1.54, 1.807) is 6.07 Å². The molecule has 8 rings (SSSR count). The lowest BCUT2D eigenvalue weighted by atomic mass is 10.0. The lowest BCUT2D eigenvalue weighted by Crippen LogP contribution is -1.95. The molecule has 1 aliphatic rings. The molecule has 0 saturated heterocycles. The van der Waals surface area contributed by atoms with Crippen LogP contribution in [0.25, 0.3) is 43.5 Å². The van der Waals surface area contributed by atoms with Crippen LogP contribution < -0.4 is 0 Å². The van der Waals surface area contributed by atoms with Crippen LogP contribution in [0.15, 0.2) is 130 Å². The van der Waals surface area contributed by atoms with Crippen molar-refractivity contribution in [1.29, 1.82) is 15.8 Å². The average Bonchev–Trinajstić information content (AvgIpc) is 3.68. The lowest BCUT2D eigenvalue weighted by molar-refractivity contribution is 0.620. The Bertz CT molecular complexity index is 2580. The topological polar surface area (TPSA) is 80.7 Å². The van der Waals surface area contributed by atoms with Gasteiger partial charge in [0.2, 0.25) is 0 Å². The van der Waals surface area contributed by atoms with Gasteiger partial charge in [0.15, 0.2) is 5.69 Å². The third-order valence-electron chi connectivity index (χ3n) is 8.08. The van der Waals surface area contributed by atoms with Gasteiger partial charge in [0.1, 0.15) is 5.82 Å². The zero-order chi connectivity index (χ0) is 34.5. The van der Waals surface area contributed by atoms with Gasteiger partial charge < -0.3 is 4.57 Å². The van der Waals surface area contributed by atoms with Crippen LogP contribution in [0.2, 0.25) is 0 Å². The second-order valence-electron chi connectivity index (χ2n) is 11.0. The van der Waals surface area contributed by atoms with Crippen LogP contribution >= 0.6 is 31.9 Å². The Morgan fingerprint density at radius 1 is 0.612 bits per heavy atom. The number of hydrogen-bond acceptors (Lipinski definition) is 3. The zero-order valence-electron chi connectivity index (χ0n) is 25.6. The smallest absolute Gasteiger partial charge is 0.188 e. The van der Waals surface area contributed by atoms with E-state index in [1.165, 1.54) is 34.4 Å². The fourth-order valence-electron chi connectivity index (χ4n) is 5.81. The number of fused-ring (bicyclic) bond motifs is 6. The first-order chi connectivity index (χ1) is 23.8. The normalized spacial score (nSPS) is 10.6. The Morgan fingerprint density at radius 3 is 1.98 bits per heavy atom. The molecule has 0 radical (unpaired) electrons. The van der Waals surface area contributed by atoms with Crippen LogP contribution in [0.5, 0.6) is 0 Å². The summed E-state index contributed by atoms with van der Waals surface area (Å²) in [4.78, 5) is 3.55. The standard InChI is InChI=1S/C20H10BrN3.C14H9N.C7H3BrFN/c1-23-14-7-9-19-16(11-14)15-4-2-3-5-18(15)24(19)20-8-6-13(12-22)10-17(20)21;15-9-10-5-6-12-8-11-3-1-2-4-13(11)14(12)7-10;8-6-2-1-5(4-10)3-7(6)9/h2-11H;1-7H,8H2;1-3H. The maximum atomic E-state index is 12.6. The largest absolute Gasteiger partial charge is 0.308 e. The third kappa shape index (κ3) is 6.71. The number of aromatic nitrogens is 1. The number of benzene rings is 6. The first-order valence-corrected chi connectivity index (χ1v) is 16.5. The van der Waals surface area contributed by atoms with E-state index < -0.39 is 5.82 Å². The van der Waals surface area contributed by atoms with Crippen molar-refractivity contribution in [2.24, 2.45) is 0 Å². The fourth-order valence-corrected chi connectivity index (χ4v) is 6.61. The van der Waals surface area contributed by atoms with Crippen LogP contribution in [0.1, 0.15) is 27.8 Å². The summed E-state index contributed by atoms with van der Waals surface area (Å²) in [5.41, 5.74) is 10.6. The van der Waals surface area contributed by atoms with Crippen LogP contribution in [-0.4, -0.2) is 4.57 Å². The highest BCUT2D eigenvalue weighted by Crippen LogP contribution is 2.38. The van der Waals surface area contributed by atoms with E-state index in [1.807, 2.05) is 72.8 Å². The number of hydrogen-bond donors (Lipinski definition) is 0. The van der Waals surface area contributed by atoms with Gasteiger partial charge in [0.05, 0.1) is 62.7 Å². The minimum atomic E-state index is -0.404. The molecule has 0 aliphatic heterocycles. The minimum absolute atomic E-state index is 0.334. The van der Waals surface area contributed by atoms with Gasteiger partial charge in [-0.1, -0.05) is 54.6 Å². The van der Waals surface area contributed by atoms with Crippen molar-refractivity contribution in [3.63, 3.8) is 0 Å². The van der Waals surface area contributed by atoms with E-state index in [-0.39, 0.29) is 0 Å². The van der Waals surface area contributed by atoms with Gasteiger partial charge >= 0.3 is 0 Å². The Hall–Kier alpha value is -6.03. The van der Waals surface area contributed by atoms with Gasteiger partial charge in [-0.3, -0.25) is 0 Å². The van der Waals surface area contributed by atoms with Crippen molar-refractivity contribution >= 4 is 59.4 Å². The molecule has 0 bridgehead atoms. The number of halogens is 3. The summed E-state index contributed by atoms with van der Waals surface area (Å²) in [5, 5.41) is 28.4. The number of rotatable bonds is 1. The van der Waals surface area contributed by atoms with Crippen LogP contribution in [0, 0.1) is 46.4 Å². The molecule has 5 nitrogen and oxygen atoms in total. The zero-order valence-corrected chi connectivity index (χ0v) is 28.8. The van der Waals surface area contributed by atoms with Gasteiger partial charge in [-0.15, -0.1) is 0 Å². The van der Waals surface area contributed by atoms with Crippen molar-refractivity contribution < 1.29 is 4.39 Å². The van der Waals surface area contributed by atoms with Crippen molar-refractivity contribution in [2.45, 2.75) is 6.42 Å². The summed E-state index contributed by atoms with van der Waals surface area (Å²) in [5.74, 6) is -0.404. The highest BCUT2D eigenvalue weighted by Gasteiger charge is 2.18. The number of nitrogens with zero attached hydrogens (tertiary/aromatic N) is 5. The van der Waals surface area contributed by atoms with Gasteiger partial charge in [-0.05, 0) is 133 Å². The fraction of sp³-hybridized carbons (Fsp3) is 0.0244. The highest BCUT2D eigenvalue weighted by molar-refractivity contribution is 9.10. The Balaban J connectivity index is 0.000000142. The predicted molar refractivity (Wildman–Crippen MR) is 198 cm³/mol. The summed E-state index contributed by atoms with van der Waals surface area (Å²) in [6.45, 7) is 7.26. The molecule has 0 fully saturated rings. The van der Waals surface area contributed by atoms with Crippen molar-refractivity contribution in [1.82, 2.24) is 4.57 Å². The van der Waals surface area contributed by atoms with Crippen molar-refractivity contribution in [3.05, 3.63) is 175 Å². The summed E-state index contributed by atoms with van der Waals surface area (Å²) >= 11 is 6.56. The molecule has 232 valence electrons. The molecule has 1 aromatic heterocycles. The maximum Gasteiger partial charge on any atom is 0.188 e. The van der Waals surface area contributed by atoms with E-state index in [2.05, 4.69) is 89.8 Å². The van der Waals surface area contributed by atoms with Crippen molar-refractivity contribution in [3.8, 4) is 35.0 Å². The van der Waals surface area contributed by atoms with Gasteiger partial charge in [-0.25, -0.2) is 9.24 Å². The van der Waals surface area contributed by atoms with Crippen LogP contribution in [-0.2, 0) is 6.42 Å². The first-order valence-electron chi connectivity index (χ1n) is 14.9. The van der Waals surface area contributed by atoms with Crippen molar-refractivity contribution in [2.75, 3.05) is 0 Å². The van der Waals surface area contributed by atoms with E-state index in [0.29, 0.717) is 21.3 Å². The minimum Gasteiger partial charge on any atom is -0.308 e. The Morgan fingerprint density at radius 2 is 1.24 bits per heavy atom. The molecule has 6 aromatic carbocycles. The maximum absolute atomic E-state index is 12.6. The molecular weight excluding hydrogens is 741 g/mol. The molecule has 0 N–H and O–H groups in total. The Labute approximate surface area is 299 Å². The predicted octanol–water partition coefficient (Wildman–Crippen LogP) is 11.6. The highest BCUT2D eigenvalue weighted by atomic mass is 79.9. The number of nitriles is 3. The third-order valence-corrected chi connectivity index (χ3v) is 9.36. The SMILES string of the molecule is N#Cc1ccc(Br)c(F)c1.N#Cc1ccc2c(c1)-c1ccccc1C2.[C-]#[N+]c1ccc2c(c1)c1ccccc1n2-c1ccc(C#N)cc1Br. The molecule has 8 heteroatoms. The van der Waals surface area contributed by atoms with Gasteiger partial charge in [0, 0.05) is 9.86 Å². The molecule has 0 spiro atoms. The molecule has 0 saturated carbocycles. The molecule has 49 heavy (non-hydrogen) atoms. The molecule has 1 aliphatic carbocycles. The first kappa shape index (κ1) is 32.9. The van der Waals surface area contributed by atoms with Gasteiger partial charge in [-0.2, -0.15) is 15.8 Å².